The molecule has 0 amide bonds. The van der Waals surface area contributed by atoms with Gasteiger partial charge in [-0.05, 0) is 19.1 Å². The van der Waals surface area contributed by atoms with Crippen LogP contribution < -0.4 is 10.6 Å². The molecule has 0 radical (unpaired) electrons. The van der Waals surface area contributed by atoms with E-state index >= 15 is 0 Å². The van der Waals surface area contributed by atoms with Gasteiger partial charge in [-0.25, -0.2) is 9.97 Å². The maximum atomic E-state index is 5.19. The highest BCUT2D eigenvalue weighted by molar-refractivity contribution is 5.64. The monoisotopic (exact) mass is 335 g/mol. The number of ether oxygens (including phenoxy) is 1. The van der Waals surface area contributed by atoms with Gasteiger partial charge in [0.15, 0.2) is 5.82 Å². The normalized spacial score (nSPS) is 11.8. The number of hydrogen-bond acceptors (Lipinski definition) is 6. The molecule has 0 aliphatic carbocycles. The molecule has 0 spiro atoms. The van der Waals surface area contributed by atoms with E-state index in [0.717, 1.165) is 17.1 Å². The Morgan fingerprint density at radius 3 is 2.44 bits per heavy atom. The average Bonchev–Trinajstić information content (AvgIpc) is 2.63. The minimum Gasteiger partial charge on any atom is -0.383 e. The van der Waals surface area contributed by atoms with E-state index in [4.69, 9.17) is 4.74 Å². The van der Waals surface area contributed by atoms with Crippen LogP contribution in [0, 0.1) is 0 Å². The zero-order chi connectivity index (χ0) is 17.5. The van der Waals surface area contributed by atoms with Crippen LogP contribution in [0.3, 0.4) is 0 Å². The molecule has 0 aliphatic rings. The molecule has 0 fully saturated rings. The number of aromatic nitrogens is 3. The fourth-order valence-corrected chi connectivity index (χ4v) is 2.43. The van der Waals surface area contributed by atoms with Gasteiger partial charge in [0.1, 0.15) is 11.6 Å². The highest BCUT2D eigenvalue weighted by atomic mass is 16.5. The van der Waals surface area contributed by atoms with Crippen LogP contribution in [0.1, 0.15) is 6.92 Å². The van der Waals surface area contributed by atoms with E-state index in [2.05, 4.69) is 25.6 Å². The molecule has 3 rings (SSSR count). The smallest absolute Gasteiger partial charge is 0.163 e. The number of methoxy groups -OCH3 is 1. The van der Waals surface area contributed by atoms with Crippen molar-refractivity contribution in [1.29, 1.82) is 0 Å². The third-order valence-electron chi connectivity index (χ3n) is 3.52. The van der Waals surface area contributed by atoms with Gasteiger partial charge in [-0.1, -0.05) is 30.3 Å². The van der Waals surface area contributed by atoms with E-state index in [9.17, 15) is 0 Å². The number of pyridine rings is 1. The molecule has 1 aromatic carbocycles. The Labute approximate surface area is 147 Å². The number of nitrogens with one attached hydrogen (secondary N) is 2. The van der Waals surface area contributed by atoms with Gasteiger partial charge in [0, 0.05) is 42.9 Å². The lowest BCUT2D eigenvalue weighted by Gasteiger charge is -2.15. The fraction of sp³-hybridized carbons (Fsp3) is 0.211. The first-order chi connectivity index (χ1) is 12.2. The van der Waals surface area contributed by atoms with Crippen molar-refractivity contribution < 1.29 is 4.74 Å². The average molecular weight is 335 g/mol. The van der Waals surface area contributed by atoms with Crippen molar-refractivity contribution in [2.24, 2.45) is 0 Å². The second-order valence-electron chi connectivity index (χ2n) is 5.69. The van der Waals surface area contributed by atoms with Crippen molar-refractivity contribution in [1.82, 2.24) is 15.0 Å². The third-order valence-corrected chi connectivity index (χ3v) is 3.52. The standard InChI is InChI=1S/C19H21N5O/c1-14(13-25-2)21-17-12-18(22-16-8-10-20-11-9-16)24-19(23-17)15-6-4-3-5-7-15/h3-12,14H,13H2,1-2H3,(H2,20,21,22,23,24). The quantitative estimate of drug-likeness (QED) is 0.685. The second kappa shape index (κ2) is 8.21. The molecule has 0 bridgehead atoms. The first kappa shape index (κ1) is 16.9. The highest BCUT2D eigenvalue weighted by Crippen LogP contribution is 2.22. The minimum absolute atomic E-state index is 0.136. The molecule has 0 saturated carbocycles. The summed E-state index contributed by atoms with van der Waals surface area (Å²) >= 11 is 0. The maximum Gasteiger partial charge on any atom is 0.163 e. The first-order valence-electron chi connectivity index (χ1n) is 8.11. The lowest BCUT2D eigenvalue weighted by molar-refractivity contribution is 0.190. The highest BCUT2D eigenvalue weighted by Gasteiger charge is 2.09. The van der Waals surface area contributed by atoms with E-state index in [1.165, 1.54) is 0 Å². The molecule has 128 valence electrons. The molecular formula is C19H21N5O. The van der Waals surface area contributed by atoms with Crippen LogP contribution >= 0.6 is 0 Å². The molecule has 3 aromatic rings. The Morgan fingerprint density at radius 2 is 1.72 bits per heavy atom. The van der Waals surface area contributed by atoms with Gasteiger partial charge < -0.3 is 15.4 Å². The molecule has 0 aliphatic heterocycles. The van der Waals surface area contributed by atoms with Gasteiger partial charge in [0.25, 0.3) is 0 Å². The number of benzene rings is 1. The zero-order valence-corrected chi connectivity index (χ0v) is 14.3. The van der Waals surface area contributed by atoms with Crippen LogP contribution in [0.5, 0.6) is 0 Å². The lowest BCUT2D eigenvalue weighted by atomic mass is 10.2. The largest absolute Gasteiger partial charge is 0.383 e. The molecule has 25 heavy (non-hydrogen) atoms. The van der Waals surface area contributed by atoms with Crippen molar-refractivity contribution in [3.05, 3.63) is 60.9 Å². The van der Waals surface area contributed by atoms with Crippen LogP contribution in [0.25, 0.3) is 11.4 Å². The van der Waals surface area contributed by atoms with Crippen molar-refractivity contribution >= 4 is 17.3 Å². The summed E-state index contributed by atoms with van der Waals surface area (Å²) < 4.78 is 5.19. The molecule has 1 unspecified atom stereocenters. The molecule has 0 saturated heterocycles. The van der Waals surface area contributed by atoms with Crippen LogP contribution in [0.15, 0.2) is 60.9 Å². The van der Waals surface area contributed by atoms with Crippen LogP contribution in [0.4, 0.5) is 17.3 Å². The minimum atomic E-state index is 0.136. The molecular weight excluding hydrogens is 314 g/mol. The van der Waals surface area contributed by atoms with Crippen LogP contribution in [-0.4, -0.2) is 34.7 Å². The number of nitrogens with zero attached hydrogens (tertiary/aromatic N) is 3. The van der Waals surface area contributed by atoms with E-state index < -0.39 is 0 Å². The Morgan fingerprint density at radius 1 is 1.00 bits per heavy atom. The van der Waals surface area contributed by atoms with E-state index in [0.29, 0.717) is 18.2 Å². The SMILES string of the molecule is COCC(C)Nc1cc(Nc2ccncc2)nc(-c2ccccc2)n1. The van der Waals surface area contributed by atoms with Gasteiger partial charge in [-0.2, -0.15) is 0 Å². The maximum absolute atomic E-state index is 5.19. The second-order valence-corrected chi connectivity index (χ2v) is 5.69. The number of hydrogen-bond donors (Lipinski definition) is 2. The third kappa shape index (κ3) is 4.74. The number of anilines is 3. The van der Waals surface area contributed by atoms with Gasteiger partial charge in [-0.3, -0.25) is 4.98 Å². The Kier molecular flexibility index (Phi) is 5.53. The van der Waals surface area contributed by atoms with Crippen molar-refractivity contribution in [3.8, 4) is 11.4 Å². The zero-order valence-electron chi connectivity index (χ0n) is 14.3. The summed E-state index contributed by atoms with van der Waals surface area (Å²) in [4.78, 5) is 13.3. The summed E-state index contributed by atoms with van der Waals surface area (Å²) in [7, 11) is 1.68. The van der Waals surface area contributed by atoms with Crippen LogP contribution in [-0.2, 0) is 4.74 Å². The van der Waals surface area contributed by atoms with Gasteiger partial charge in [0.2, 0.25) is 0 Å². The van der Waals surface area contributed by atoms with Crippen molar-refractivity contribution in [2.75, 3.05) is 24.4 Å². The topological polar surface area (TPSA) is 72.0 Å². The fourth-order valence-electron chi connectivity index (χ4n) is 2.43. The summed E-state index contributed by atoms with van der Waals surface area (Å²) in [5, 5.41) is 6.65. The van der Waals surface area contributed by atoms with E-state index in [1.54, 1.807) is 19.5 Å². The summed E-state index contributed by atoms with van der Waals surface area (Å²) in [6.07, 6.45) is 3.48. The Balaban J connectivity index is 1.93. The number of rotatable bonds is 7. The predicted octanol–water partition coefficient (Wildman–Crippen LogP) is 3.73. The summed E-state index contributed by atoms with van der Waals surface area (Å²) in [5.74, 6) is 2.12. The predicted molar refractivity (Wildman–Crippen MR) is 99.9 cm³/mol. The van der Waals surface area contributed by atoms with E-state index in [-0.39, 0.29) is 6.04 Å². The van der Waals surface area contributed by atoms with Gasteiger partial charge in [-0.15, -0.1) is 0 Å². The molecule has 1 atom stereocenters. The summed E-state index contributed by atoms with van der Waals surface area (Å²) in [6, 6.07) is 15.7. The first-order valence-corrected chi connectivity index (χ1v) is 8.11. The molecule has 6 heteroatoms. The van der Waals surface area contributed by atoms with E-state index in [1.807, 2.05) is 55.5 Å². The Bertz CT molecular complexity index is 795. The van der Waals surface area contributed by atoms with Crippen molar-refractivity contribution in [3.63, 3.8) is 0 Å². The van der Waals surface area contributed by atoms with Gasteiger partial charge in [0.05, 0.1) is 6.61 Å². The van der Waals surface area contributed by atoms with Crippen molar-refractivity contribution in [2.45, 2.75) is 13.0 Å². The Hall–Kier alpha value is -2.99. The summed E-state index contributed by atoms with van der Waals surface area (Å²) in [6.45, 7) is 2.64. The molecule has 2 heterocycles. The molecule has 2 N–H and O–H groups in total. The molecule has 6 nitrogen and oxygen atoms in total. The van der Waals surface area contributed by atoms with Crippen LogP contribution in [0.2, 0.25) is 0 Å². The summed E-state index contributed by atoms with van der Waals surface area (Å²) in [5.41, 5.74) is 1.88. The molecule has 2 aromatic heterocycles. The lowest BCUT2D eigenvalue weighted by Crippen LogP contribution is -2.21. The van der Waals surface area contributed by atoms with Gasteiger partial charge >= 0.3 is 0 Å².